The van der Waals surface area contributed by atoms with E-state index in [4.69, 9.17) is 4.74 Å². The van der Waals surface area contributed by atoms with E-state index >= 15 is 0 Å². The van der Waals surface area contributed by atoms with Crippen LogP contribution in [-0.4, -0.2) is 18.5 Å². The predicted octanol–water partition coefficient (Wildman–Crippen LogP) is 1.41. The molecule has 15 heavy (non-hydrogen) atoms. The highest BCUT2D eigenvalue weighted by Crippen LogP contribution is 2.14. The molecule has 0 heterocycles. The van der Waals surface area contributed by atoms with E-state index in [2.05, 4.69) is 6.58 Å². The zero-order valence-corrected chi connectivity index (χ0v) is 8.86. The van der Waals surface area contributed by atoms with Gasteiger partial charge in [0.25, 0.3) is 0 Å². The Morgan fingerprint density at radius 3 is 2.40 bits per heavy atom. The van der Waals surface area contributed by atoms with E-state index in [1.54, 1.807) is 6.92 Å². The van der Waals surface area contributed by atoms with Crippen LogP contribution in [-0.2, 0) is 19.1 Å². The van der Waals surface area contributed by atoms with Gasteiger partial charge in [-0.25, -0.2) is 4.79 Å². The molecule has 4 nitrogen and oxygen atoms in total. The van der Waals surface area contributed by atoms with Crippen LogP contribution in [0.5, 0.6) is 0 Å². The highest BCUT2D eigenvalue weighted by molar-refractivity contribution is 5.88. The van der Waals surface area contributed by atoms with E-state index in [0.717, 1.165) is 0 Å². The van der Waals surface area contributed by atoms with Crippen molar-refractivity contribution in [2.24, 2.45) is 5.92 Å². The fraction of sp³-hybridized carbons (Fsp3) is 0.364. The van der Waals surface area contributed by atoms with Crippen LogP contribution in [0.3, 0.4) is 0 Å². The first-order valence-electron chi connectivity index (χ1n) is 4.49. The first kappa shape index (κ1) is 13.3. The molecule has 0 aliphatic carbocycles. The second-order valence-electron chi connectivity index (χ2n) is 3.01. The molecule has 0 aromatic heterocycles. The monoisotopic (exact) mass is 210 g/mol. The van der Waals surface area contributed by atoms with Gasteiger partial charge in [-0.15, -0.1) is 0 Å². The quantitative estimate of drug-likeness (QED) is 0.288. The highest BCUT2D eigenvalue weighted by atomic mass is 16.5. The predicted molar refractivity (Wildman–Crippen MR) is 54.9 cm³/mol. The second kappa shape index (κ2) is 6.70. The molecule has 1 unspecified atom stereocenters. The van der Waals surface area contributed by atoms with E-state index in [0.29, 0.717) is 12.6 Å². The molecule has 0 spiro atoms. The summed E-state index contributed by atoms with van der Waals surface area (Å²) in [6.07, 6.45) is 2.68. The van der Waals surface area contributed by atoms with Gasteiger partial charge in [-0.05, 0) is 19.9 Å². The minimum atomic E-state index is -0.698. The summed E-state index contributed by atoms with van der Waals surface area (Å²) >= 11 is 0. The number of hydrogen-bond acceptors (Lipinski definition) is 4. The van der Waals surface area contributed by atoms with Crippen molar-refractivity contribution in [1.29, 1.82) is 0 Å². The summed E-state index contributed by atoms with van der Waals surface area (Å²) in [6.45, 7) is 6.55. The van der Waals surface area contributed by atoms with E-state index in [-0.39, 0.29) is 17.8 Å². The maximum Gasteiger partial charge on any atom is 0.338 e. The van der Waals surface area contributed by atoms with Crippen LogP contribution in [0.25, 0.3) is 0 Å². The molecule has 0 amide bonds. The lowest BCUT2D eigenvalue weighted by Gasteiger charge is -2.12. The lowest BCUT2D eigenvalue weighted by molar-refractivity contribution is -0.136. The standard InChI is InChI=1S/C11H14O4/c1-4-10(9(7-13)5-6-12)15-11(14)8(2)3/h4,6-7,9H,2,5H2,1,3H3/b10-4-. The van der Waals surface area contributed by atoms with Crippen molar-refractivity contribution in [3.05, 3.63) is 24.0 Å². The van der Waals surface area contributed by atoms with Gasteiger partial charge in [0.15, 0.2) is 0 Å². The highest BCUT2D eigenvalue weighted by Gasteiger charge is 2.17. The van der Waals surface area contributed by atoms with E-state index < -0.39 is 11.9 Å². The number of carbonyl (C=O) groups excluding carboxylic acids is 3. The molecule has 0 aromatic rings. The molecule has 0 aliphatic rings. The van der Waals surface area contributed by atoms with Crippen LogP contribution in [0.4, 0.5) is 0 Å². The van der Waals surface area contributed by atoms with Crippen LogP contribution in [0.1, 0.15) is 20.3 Å². The maximum absolute atomic E-state index is 11.2. The van der Waals surface area contributed by atoms with Gasteiger partial charge >= 0.3 is 5.97 Å². The Balaban J connectivity index is 4.62. The molecule has 0 aliphatic heterocycles. The molecule has 0 saturated heterocycles. The molecule has 0 aromatic carbocycles. The molecule has 1 atom stereocenters. The van der Waals surface area contributed by atoms with Crippen molar-refractivity contribution in [2.45, 2.75) is 20.3 Å². The number of ether oxygens (including phenoxy) is 1. The Bertz CT molecular complexity index is 302. The SMILES string of the molecule is C=C(C)C(=O)O/C(=C\C)C(C=O)CC=O. The largest absolute Gasteiger partial charge is 0.427 e. The molecule has 4 heteroatoms. The minimum Gasteiger partial charge on any atom is -0.427 e. The molecule has 0 N–H and O–H groups in total. The molecular formula is C11H14O4. The summed E-state index contributed by atoms with van der Waals surface area (Å²) in [7, 11) is 0. The van der Waals surface area contributed by atoms with Crippen molar-refractivity contribution >= 4 is 18.5 Å². The molecule has 82 valence electrons. The molecule has 0 bridgehead atoms. The number of allylic oxidation sites excluding steroid dienone is 2. The Kier molecular flexibility index (Phi) is 5.94. The fourth-order valence-corrected chi connectivity index (χ4v) is 0.885. The van der Waals surface area contributed by atoms with Crippen LogP contribution in [0.2, 0.25) is 0 Å². The zero-order chi connectivity index (χ0) is 11.8. The Hall–Kier alpha value is -1.71. The van der Waals surface area contributed by atoms with Gasteiger partial charge in [0.2, 0.25) is 0 Å². The lowest BCUT2D eigenvalue weighted by atomic mass is 10.1. The Morgan fingerprint density at radius 2 is 2.07 bits per heavy atom. The van der Waals surface area contributed by atoms with Crippen LogP contribution in [0, 0.1) is 5.92 Å². The number of carbonyl (C=O) groups is 3. The van der Waals surface area contributed by atoms with Crippen LogP contribution < -0.4 is 0 Å². The summed E-state index contributed by atoms with van der Waals surface area (Å²) in [5.41, 5.74) is 0.241. The van der Waals surface area contributed by atoms with Crippen LogP contribution in [0.15, 0.2) is 24.0 Å². The topological polar surface area (TPSA) is 60.4 Å². The van der Waals surface area contributed by atoms with E-state index in [1.165, 1.54) is 13.0 Å². The number of esters is 1. The third-order valence-electron chi connectivity index (χ3n) is 1.72. The third-order valence-corrected chi connectivity index (χ3v) is 1.72. The fourth-order valence-electron chi connectivity index (χ4n) is 0.885. The van der Waals surface area contributed by atoms with Gasteiger partial charge in [-0.2, -0.15) is 0 Å². The summed E-state index contributed by atoms with van der Waals surface area (Å²) < 4.78 is 4.90. The van der Waals surface area contributed by atoms with Crippen molar-refractivity contribution in [2.75, 3.05) is 0 Å². The first-order valence-corrected chi connectivity index (χ1v) is 4.49. The molecule has 0 rings (SSSR count). The van der Waals surface area contributed by atoms with Crippen molar-refractivity contribution in [1.82, 2.24) is 0 Å². The average molecular weight is 210 g/mol. The maximum atomic E-state index is 11.2. The van der Waals surface area contributed by atoms with E-state index in [9.17, 15) is 14.4 Å². The molecule has 0 saturated carbocycles. The lowest BCUT2D eigenvalue weighted by Crippen LogP contribution is -2.14. The van der Waals surface area contributed by atoms with Crippen molar-refractivity contribution in [3.63, 3.8) is 0 Å². The van der Waals surface area contributed by atoms with Gasteiger partial charge in [0.05, 0.1) is 5.92 Å². The summed E-state index contributed by atoms with van der Waals surface area (Å²) in [4.78, 5) is 32.1. The van der Waals surface area contributed by atoms with Gasteiger partial charge < -0.3 is 14.3 Å². The van der Waals surface area contributed by atoms with Gasteiger partial charge in [-0.3, -0.25) is 0 Å². The number of rotatable bonds is 6. The molecular weight excluding hydrogens is 196 g/mol. The Labute approximate surface area is 88.6 Å². The van der Waals surface area contributed by atoms with Gasteiger partial charge in [0.1, 0.15) is 18.3 Å². The summed E-state index contributed by atoms with van der Waals surface area (Å²) in [5.74, 6) is -1.11. The molecule has 0 fully saturated rings. The summed E-state index contributed by atoms with van der Waals surface area (Å²) in [5, 5.41) is 0. The number of hydrogen-bond donors (Lipinski definition) is 0. The average Bonchev–Trinajstić information content (AvgIpc) is 2.22. The first-order chi connectivity index (χ1) is 7.06. The third kappa shape index (κ3) is 4.35. The second-order valence-corrected chi connectivity index (χ2v) is 3.01. The van der Waals surface area contributed by atoms with Gasteiger partial charge in [0, 0.05) is 12.0 Å². The van der Waals surface area contributed by atoms with Crippen molar-refractivity contribution < 1.29 is 19.1 Å². The van der Waals surface area contributed by atoms with Gasteiger partial charge in [-0.1, -0.05) is 6.58 Å². The minimum absolute atomic E-state index is 0.00659. The van der Waals surface area contributed by atoms with Crippen molar-refractivity contribution in [3.8, 4) is 0 Å². The zero-order valence-electron chi connectivity index (χ0n) is 8.86. The molecule has 0 radical (unpaired) electrons. The normalized spacial score (nSPS) is 12.8. The Morgan fingerprint density at radius 1 is 1.47 bits per heavy atom. The van der Waals surface area contributed by atoms with Crippen LogP contribution >= 0.6 is 0 Å². The summed E-state index contributed by atoms with van der Waals surface area (Å²) in [6, 6.07) is 0. The number of aldehydes is 2. The smallest absolute Gasteiger partial charge is 0.338 e. The van der Waals surface area contributed by atoms with E-state index in [1.807, 2.05) is 0 Å².